The summed E-state index contributed by atoms with van der Waals surface area (Å²) in [4.78, 5) is 14.0. The van der Waals surface area contributed by atoms with Gasteiger partial charge in [-0.15, -0.1) is 16.4 Å². The van der Waals surface area contributed by atoms with Gasteiger partial charge in [-0.2, -0.15) is 5.10 Å². The van der Waals surface area contributed by atoms with Gasteiger partial charge in [-0.3, -0.25) is 4.68 Å². The first kappa shape index (κ1) is 20.1. The van der Waals surface area contributed by atoms with Crippen LogP contribution in [0.3, 0.4) is 0 Å². The summed E-state index contributed by atoms with van der Waals surface area (Å²) in [7, 11) is 0. The minimum Gasteiger partial charge on any atom is -0.260 e. The molecular formula is C22H14ClF2N7S. The normalized spacial score (nSPS) is 12.0. The van der Waals surface area contributed by atoms with Crippen molar-refractivity contribution in [3.63, 3.8) is 0 Å². The molecule has 0 fully saturated rings. The zero-order valence-corrected chi connectivity index (χ0v) is 18.6. The fourth-order valence-electron chi connectivity index (χ4n) is 3.93. The van der Waals surface area contributed by atoms with Crippen molar-refractivity contribution in [2.24, 2.45) is 0 Å². The number of aryl methyl sites for hydroxylation is 1. The van der Waals surface area contributed by atoms with Gasteiger partial charge in [0.2, 0.25) is 5.82 Å². The number of rotatable bonds is 4. The Balaban J connectivity index is 1.67. The van der Waals surface area contributed by atoms with Crippen molar-refractivity contribution in [3.8, 4) is 22.6 Å². The van der Waals surface area contributed by atoms with Gasteiger partial charge in [-0.25, -0.2) is 28.2 Å². The molecular weight excluding hydrogens is 468 g/mol. The van der Waals surface area contributed by atoms with Gasteiger partial charge in [0.25, 0.3) is 6.43 Å². The van der Waals surface area contributed by atoms with E-state index in [2.05, 4.69) is 20.2 Å². The van der Waals surface area contributed by atoms with Gasteiger partial charge in [0.1, 0.15) is 27.2 Å². The topological polar surface area (TPSA) is 73.8 Å². The standard InChI is InChI=1S/C22H14ClF2N7S/c1-2-31-17(13(23)9-27-31)20-29-21-18-16(26-10-32(21)30-20)15-12(11-6-4-3-5-7-11)8-14(19(24)25)28-22(15)33-18/h3-10,19H,2H2,1H3. The Bertz CT molecular complexity index is 1660. The molecule has 33 heavy (non-hydrogen) atoms. The van der Waals surface area contributed by atoms with E-state index in [9.17, 15) is 8.78 Å². The molecule has 0 aliphatic heterocycles. The third kappa shape index (κ3) is 3.09. The Hall–Kier alpha value is -3.50. The molecule has 164 valence electrons. The zero-order valence-electron chi connectivity index (χ0n) is 17.1. The van der Waals surface area contributed by atoms with Gasteiger partial charge < -0.3 is 0 Å². The molecule has 1 aromatic carbocycles. The van der Waals surface area contributed by atoms with Gasteiger partial charge in [-0.1, -0.05) is 41.9 Å². The van der Waals surface area contributed by atoms with Crippen molar-refractivity contribution in [1.29, 1.82) is 0 Å². The van der Waals surface area contributed by atoms with Crippen LogP contribution in [-0.4, -0.2) is 34.3 Å². The Morgan fingerprint density at radius 2 is 1.97 bits per heavy atom. The van der Waals surface area contributed by atoms with Crippen LogP contribution in [0.5, 0.6) is 0 Å². The van der Waals surface area contributed by atoms with E-state index in [0.29, 0.717) is 54.7 Å². The highest BCUT2D eigenvalue weighted by molar-refractivity contribution is 7.26. The number of halogens is 3. The quantitative estimate of drug-likeness (QED) is 0.307. The summed E-state index contributed by atoms with van der Waals surface area (Å²) in [5.41, 5.74) is 3.00. The van der Waals surface area contributed by atoms with E-state index in [1.807, 2.05) is 37.3 Å². The van der Waals surface area contributed by atoms with E-state index in [1.165, 1.54) is 17.4 Å². The third-order valence-electron chi connectivity index (χ3n) is 5.40. The Kier molecular flexibility index (Phi) is 4.59. The number of thiophene rings is 1. The lowest BCUT2D eigenvalue weighted by Crippen LogP contribution is -2.00. The first-order chi connectivity index (χ1) is 16.0. The SMILES string of the molecule is CCn1ncc(Cl)c1-c1nc2c3sc4nc(C(F)F)cc(-c5ccccc5)c4c3ncn2n1. The molecule has 6 aromatic rings. The number of alkyl halides is 2. The number of aromatic nitrogens is 7. The van der Waals surface area contributed by atoms with E-state index in [4.69, 9.17) is 16.6 Å². The smallest absolute Gasteiger partial charge is 0.260 e. The zero-order chi connectivity index (χ0) is 22.7. The van der Waals surface area contributed by atoms with Crippen molar-refractivity contribution in [2.75, 3.05) is 0 Å². The lowest BCUT2D eigenvalue weighted by molar-refractivity contribution is 0.146. The number of nitrogens with zero attached hydrogens (tertiary/aromatic N) is 7. The fraction of sp³-hybridized carbons (Fsp3) is 0.136. The average Bonchev–Trinajstić information content (AvgIpc) is 3.52. The Morgan fingerprint density at radius 3 is 2.73 bits per heavy atom. The summed E-state index contributed by atoms with van der Waals surface area (Å²) < 4.78 is 31.3. The molecule has 5 aromatic heterocycles. The summed E-state index contributed by atoms with van der Waals surface area (Å²) in [6.07, 6.45) is 0.434. The maximum Gasteiger partial charge on any atom is 0.280 e. The first-order valence-electron chi connectivity index (χ1n) is 10.1. The predicted octanol–water partition coefficient (Wildman–Crippen LogP) is 6.03. The maximum atomic E-state index is 13.6. The van der Waals surface area contributed by atoms with Crippen LogP contribution in [0, 0.1) is 0 Å². The second-order valence-electron chi connectivity index (χ2n) is 7.33. The van der Waals surface area contributed by atoms with Crippen molar-refractivity contribution in [2.45, 2.75) is 19.9 Å². The van der Waals surface area contributed by atoms with Crippen LogP contribution in [0.1, 0.15) is 19.0 Å². The molecule has 0 bridgehead atoms. The van der Waals surface area contributed by atoms with E-state index >= 15 is 0 Å². The van der Waals surface area contributed by atoms with Gasteiger partial charge in [0.05, 0.1) is 16.7 Å². The molecule has 7 nitrogen and oxygen atoms in total. The first-order valence-corrected chi connectivity index (χ1v) is 11.3. The molecule has 0 N–H and O–H groups in total. The van der Waals surface area contributed by atoms with E-state index in [-0.39, 0.29) is 5.69 Å². The third-order valence-corrected chi connectivity index (χ3v) is 6.75. The van der Waals surface area contributed by atoms with Crippen LogP contribution in [0.4, 0.5) is 8.78 Å². The highest BCUT2D eigenvalue weighted by Gasteiger charge is 2.22. The van der Waals surface area contributed by atoms with Gasteiger partial charge in [0.15, 0.2) is 5.65 Å². The predicted molar refractivity (Wildman–Crippen MR) is 124 cm³/mol. The molecule has 0 radical (unpaired) electrons. The summed E-state index contributed by atoms with van der Waals surface area (Å²) in [5.74, 6) is 0.413. The molecule has 0 unspecified atom stereocenters. The Morgan fingerprint density at radius 1 is 1.15 bits per heavy atom. The van der Waals surface area contributed by atoms with Gasteiger partial charge >= 0.3 is 0 Å². The van der Waals surface area contributed by atoms with Crippen LogP contribution in [0.2, 0.25) is 5.02 Å². The number of hydrogen-bond donors (Lipinski definition) is 0. The maximum absolute atomic E-state index is 13.6. The van der Waals surface area contributed by atoms with Crippen LogP contribution >= 0.6 is 22.9 Å². The molecule has 6 rings (SSSR count). The molecule has 0 aliphatic rings. The van der Waals surface area contributed by atoms with Gasteiger partial charge in [0, 0.05) is 11.9 Å². The van der Waals surface area contributed by atoms with Crippen molar-refractivity contribution < 1.29 is 8.78 Å². The molecule has 5 heterocycles. The molecule has 0 spiro atoms. The second-order valence-corrected chi connectivity index (χ2v) is 8.73. The molecule has 0 aliphatic carbocycles. The lowest BCUT2D eigenvalue weighted by Gasteiger charge is -2.07. The van der Waals surface area contributed by atoms with Crippen molar-refractivity contribution in [1.82, 2.24) is 34.3 Å². The number of hydrogen-bond acceptors (Lipinski definition) is 6. The molecule has 0 amide bonds. The van der Waals surface area contributed by atoms with Gasteiger partial charge in [-0.05, 0) is 24.1 Å². The average molecular weight is 482 g/mol. The van der Waals surface area contributed by atoms with Crippen molar-refractivity contribution in [3.05, 3.63) is 59.6 Å². The number of fused-ring (bicyclic) bond motifs is 5. The summed E-state index contributed by atoms with van der Waals surface area (Å²) in [6, 6.07) is 10.8. The molecule has 0 atom stereocenters. The van der Waals surface area contributed by atoms with E-state index in [1.54, 1.807) is 21.7 Å². The van der Waals surface area contributed by atoms with Crippen LogP contribution in [0.15, 0.2) is 48.9 Å². The van der Waals surface area contributed by atoms with E-state index in [0.717, 1.165) is 5.56 Å². The van der Waals surface area contributed by atoms with Crippen LogP contribution in [-0.2, 0) is 6.54 Å². The van der Waals surface area contributed by atoms with Crippen molar-refractivity contribution >= 4 is 49.0 Å². The summed E-state index contributed by atoms with van der Waals surface area (Å²) in [6.45, 7) is 2.56. The number of benzene rings is 1. The summed E-state index contributed by atoms with van der Waals surface area (Å²) in [5, 5.41) is 9.95. The lowest BCUT2D eigenvalue weighted by atomic mass is 10.0. The minimum atomic E-state index is -2.69. The second kappa shape index (κ2) is 7.53. The summed E-state index contributed by atoms with van der Waals surface area (Å²) >= 11 is 7.61. The monoisotopic (exact) mass is 481 g/mol. The minimum absolute atomic E-state index is 0.273. The van der Waals surface area contributed by atoms with Crippen LogP contribution in [0.25, 0.3) is 48.7 Å². The molecule has 11 heteroatoms. The highest BCUT2D eigenvalue weighted by Crippen LogP contribution is 2.41. The largest absolute Gasteiger partial charge is 0.280 e. The fourth-order valence-corrected chi connectivity index (χ4v) is 5.29. The van der Waals surface area contributed by atoms with Crippen LogP contribution < -0.4 is 0 Å². The Labute approximate surface area is 194 Å². The highest BCUT2D eigenvalue weighted by atomic mass is 35.5. The van der Waals surface area contributed by atoms with E-state index < -0.39 is 6.43 Å². The number of pyridine rings is 1. The molecule has 0 saturated carbocycles. The molecule has 0 saturated heterocycles.